The Morgan fingerprint density at radius 3 is 2.67 bits per heavy atom. The van der Waals surface area contributed by atoms with Crippen LogP contribution in [0.3, 0.4) is 0 Å². The van der Waals surface area contributed by atoms with E-state index in [1.807, 2.05) is 0 Å². The molecule has 1 fully saturated rings. The molecule has 0 aliphatic heterocycles. The van der Waals surface area contributed by atoms with Gasteiger partial charge in [0.1, 0.15) is 5.56 Å². The molecule has 0 aromatic carbocycles. The van der Waals surface area contributed by atoms with E-state index < -0.39 is 0 Å². The van der Waals surface area contributed by atoms with Crippen LogP contribution < -0.4 is 16.6 Å². The fourth-order valence-electron chi connectivity index (χ4n) is 3.58. The number of pyridine rings is 1. The van der Waals surface area contributed by atoms with Gasteiger partial charge < -0.3 is 16.0 Å². The van der Waals surface area contributed by atoms with Gasteiger partial charge in [-0.1, -0.05) is 12.8 Å². The van der Waals surface area contributed by atoms with Gasteiger partial charge >= 0.3 is 0 Å². The van der Waals surface area contributed by atoms with Crippen molar-refractivity contribution in [2.45, 2.75) is 56.9 Å². The molecule has 0 radical (unpaired) electrons. The Kier molecular flexibility index (Phi) is 3.85. The van der Waals surface area contributed by atoms with E-state index in [-0.39, 0.29) is 22.6 Å². The summed E-state index contributed by atoms with van der Waals surface area (Å²) in [5.41, 5.74) is 7.58. The molecule has 21 heavy (non-hydrogen) atoms. The number of aromatic amines is 1. The summed E-state index contributed by atoms with van der Waals surface area (Å²) in [6.07, 6.45) is 8.03. The van der Waals surface area contributed by atoms with Gasteiger partial charge in [0.05, 0.1) is 5.54 Å². The zero-order chi connectivity index (χ0) is 14.9. The summed E-state index contributed by atoms with van der Waals surface area (Å²) >= 11 is 0. The second-order valence-corrected chi connectivity index (χ2v) is 6.37. The molecule has 0 bridgehead atoms. The number of rotatable bonds is 3. The average molecular weight is 289 g/mol. The Morgan fingerprint density at radius 1 is 1.24 bits per heavy atom. The van der Waals surface area contributed by atoms with E-state index >= 15 is 0 Å². The third kappa shape index (κ3) is 2.75. The maximum Gasteiger partial charge on any atom is 0.261 e. The van der Waals surface area contributed by atoms with Crippen LogP contribution in [0.5, 0.6) is 0 Å². The first kappa shape index (κ1) is 14.3. The van der Waals surface area contributed by atoms with Crippen LogP contribution in [-0.2, 0) is 12.8 Å². The summed E-state index contributed by atoms with van der Waals surface area (Å²) in [4.78, 5) is 27.5. The number of hydrogen-bond donors (Lipinski definition) is 3. The van der Waals surface area contributed by atoms with Gasteiger partial charge in [-0.2, -0.15) is 0 Å². The molecule has 5 heteroatoms. The first-order chi connectivity index (χ1) is 10.1. The summed E-state index contributed by atoms with van der Waals surface area (Å²) in [7, 11) is 0. The summed E-state index contributed by atoms with van der Waals surface area (Å²) < 4.78 is 0. The van der Waals surface area contributed by atoms with Crippen LogP contribution in [0.2, 0.25) is 0 Å². The Bertz CT molecular complexity index is 600. The maximum absolute atomic E-state index is 12.5. The lowest BCUT2D eigenvalue weighted by Gasteiger charge is -2.28. The van der Waals surface area contributed by atoms with Gasteiger partial charge in [-0.25, -0.2) is 0 Å². The number of H-pyrrole nitrogens is 1. The fourth-order valence-corrected chi connectivity index (χ4v) is 3.58. The minimum atomic E-state index is -0.320. The molecular formula is C16H23N3O2. The second-order valence-electron chi connectivity index (χ2n) is 6.37. The van der Waals surface area contributed by atoms with Crippen LogP contribution in [0.25, 0.3) is 0 Å². The molecule has 114 valence electrons. The zero-order valence-electron chi connectivity index (χ0n) is 12.3. The third-order valence-electron chi connectivity index (χ3n) is 4.91. The van der Waals surface area contributed by atoms with Gasteiger partial charge in [0.15, 0.2) is 0 Å². The molecule has 0 spiro atoms. The Hall–Kier alpha value is -1.62. The molecule has 2 aliphatic rings. The molecule has 3 rings (SSSR count). The molecule has 1 amide bonds. The van der Waals surface area contributed by atoms with Crippen LogP contribution in [-0.4, -0.2) is 23.0 Å². The number of nitrogens with one attached hydrogen (secondary N) is 2. The highest BCUT2D eigenvalue weighted by Crippen LogP contribution is 2.29. The second kappa shape index (κ2) is 5.64. The van der Waals surface area contributed by atoms with Crippen molar-refractivity contribution < 1.29 is 4.79 Å². The number of nitrogens with two attached hydrogens (primary N) is 1. The normalized spacial score (nSPS) is 20.0. The number of aryl methyl sites for hydroxylation is 2. The van der Waals surface area contributed by atoms with Crippen LogP contribution in [0.4, 0.5) is 0 Å². The van der Waals surface area contributed by atoms with E-state index in [9.17, 15) is 9.59 Å². The maximum atomic E-state index is 12.5. The summed E-state index contributed by atoms with van der Waals surface area (Å²) in [5.74, 6) is -0.281. The highest BCUT2D eigenvalue weighted by atomic mass is 16.2. The SMILES string of the molecule is NCC1(NC(=O)c2cc3c([nH]c2=O)CCCC3)CCCC1. The monoisotopic (exact) mass is 289 g/mol. The number of carbonyl (C=O) groups is 1. The predicted octanol–water partition coefficient (Wildman–Crippen LogP) is 1.25. The molecule has 2 aliphatic carbocycles. The van der Waals surface area contributed by atoms with E-state index in [0.29, 0.717) is 6.54 Å². The van der Waals surface area contributed by atoms with Gasteiger partial charge in [-0.05, 0) is 50.2 Å². The van der Waals surface area contributed by atoms with Gasteiger partial charge in [-0.15, -0.1) is 0 Å². The summed E-state index contributed by atoms with van der Waals surface area (Å²) in [5, 5.41) is 3.02. The first-order valence-electron chi connectivity index (χ1n) is 7.91. The largest absolute Gasteiger partial charge is 0.345 e. The molecule has 0 unspecified atom stereocenters. The number of hydrogen-bond acceptors (Lipinski definition) is 3. The van der Waals surface area contributed by atoms with Gasteiger partial charge in [0, 0.05) is 12.2 Å². The first-order valence-corrected chi connectivity index (χ1v) is 7.91. The number of fused-ring (bicyclic) bond motifs is 1. The highest BCUT2D eigenvalue weighted by molar-refractivity contribution is 5.94. The lowest BCUT2D eigenvalue weighted by molar-refractivity contribution is 0.0901. The topological polar surface area (TPSA) is 88.0 Å². The van der Waals surface area contributed by atoms with Crippen molar-refractivity contribution in [2.24, 2.45) is 5.73 Å². The molecule has 1 saturated carbocycles. The molecule has 0 atom stereocenters. The molecule has 4 N–H and O–H groups in total. The Balaban J connectivity index is 1.86. The van der Waals surface area contributed by atoms with Gasteiger partial charge in [-0.3, -0.25) is 9.59 Å². The minimum absolute atomic E-state index is 0.232. The van der Waals surface area contributed by atoms with E-state index in [1.54, 1.807) is 6.07 Å². The quantitative estimate of drug-likeness (QED) is 0.782. The van der Waals surface area contributed by atoms with Crippen molar-refractivity contribution >= 4 is 5.91 Å². The van der Waals surface area contributed by atoms with Crippen LogP contribution in [0, 0.1) is 0 Å². The Morgan fingerprint density at radius 2 is 1.95 bits per heavy atom. The van der Waals surface area contributed by atoms with E-state index in [0.717, 1.165) is 62.6 Å². The van der Waals surface area contributed by atoms with E-state index in [4.69, 9.17) is 5.73 Å². The number of amides is 1. The van der Waals surface area contributed by atoms with Crippen LogP contribution >= 0.6 is 0 Å². The molecule has 1 aromatic heterocycles. The number of carbonyl (C=O) groups excluding carboxylic acids is 1. The molecule has 5 nitrogen and oxygen atoms in total. The van der Waals surface area contributed by atoms with Crippen molar-refractivity contribution in [3.8, 4) is 0 Å². The van der Waals surface area contributed by atoms with Crippen LogP contribution in [0.1, 0.15) is 60.1 Å². The highest BCUT2D eigenvalue weighted by Gasteiger charge is 2.34. The van der Waals surface area contributed by atoms with Crippen molar-refractivity contribution in [2.75, 3.05) is 6.54 Å². The fraction of sp³-hybridized carbons (Fsp3) is 0.625. The Labute approximate surface area is 124 Å². The van der Waals surface area contributed by atoms with Crippen molar-refractivity contribution in [3.05, 3.63) is 33.2 Å². The third-order valence-corrected chi connectivity index (χ3v) is 4.91. The summed E-state index contributed by atoms with van der Waals surface area (Å²) in [6, 6.07) is 1.78. The van der Waals surface area contributed by atoms with Crippen molar-refractivity contribution in [1.29, 1.82) is 0 Å². The molecular weight excluding hydrogens is 266 g/mol. The standard InChI is InChI=1S/C16H23N3O2/c17-10-16(7-3-4-8-16)19-15(21)12-9-11-5-1-2-6-13(11)18-14(12)20/h9H,1-8,10,17H2,(H,18,20)(H,19,21). The smallest absolute Gasteiger partial charge is 0.261 e. The van der Waals surface area contributed by atoms with Crippen molar-refractivity contribution in [3.63, 3.8) is 0 Å². The summed E-state index contributed by atoms with van der Waals surface area (Å²) in [6.45, 7) is 0.432. The van der Waals surface area contributed by atoms with E-state index in [1.165, 1.54) is 0 Å². The minimum Gasteiger partial charge on any atom is -0.345 e. The average Bonchev–Trinajstić information content (AvgIpc) is 2.95. The molecule has 1 aromatic rings. The number of aromatic nitrogens is 1. The lowest BCUT2D eigenvalue weighted by Crippen LogP contribution is -2.52. The van der Waals surface area contributed by atoms with Gasteiger partial charge in [0.25, 0.3) is 11.5 Å². The lowest BCUT2D eigenvalue weighted by atomic mass is 9.94. The van der Waals surface area contributed by atoms with E-state index in [2.05, 4.69) is 10.3 Å². The van der Waals surface area contributed by atoms with Crippen molar-refractivity contribution in [1.82, 2.24) is 10.3 Å². The van der Waals surface area contributed by atoms with Gasteiger partial charge in [0.2, 0.25) is 0 Å². The molecule has 0 saturated heterocycles. The van der Waals surface area contributed by atoms with Crippen LogP contribution in [0.15, 0.2) is 10.9 Å². The molecule has 1 heterocycles. The zero-order valence-corrected chi connectivity index (χ0v) is 12.3. The predicted molar refractivity (Wildman–Crippen MR) is 81.4 cm³/mol.